The third-order valence-corrected chi connectivity index (χ3v) is 14.2. The Morgan fingerprint density at radius 3 is 2.19 bits per heavy atom. The van der Waals surface area contributed by atoms with Gasteiger partial charge in [-0.25, -0.2) is 19.6 Å². The minimum absolute atomic E-state index is 0.0115. The lowest BCUT2D eigenvalue weighted by Crippen LogP contribution is -2.51. The second-order valence-corrected chi connectivity index (χ2v) is 18.4. The van der Waals surface area contributed by atoms with E-state index in [-0.39, 0.29) is 58.3 Å². The van der Waals surface area contributed by atoms with Gasteiger partial charge in [-0.15, -0.1) is 0 Å². The molecule has 2 saturated carbocycles. The second kappa shape index (κ2) is 14.9. The van der Waals surface area contributed by atoms with Gasteiger partial charge in [0.05, 0.1) is 49.2 Å². The molecule has 4 amide bonds. The third-order valence-electron chi connectivity index (χ3n) is 14.2. The summed E-state index contributed by atoms with van der Waals surface area (Å²) in [5, 5.41) is 5.29. The van der Waals surface area contributed by atoms with Crippen LogP contribution in [0.3, 0.4) is 0 Å². The number of amides is 4. The fourth-order valence-corrected chi connectivity index (χ4v) is 10.7. The highest BCUT2D eigenvalue weighted by Gasteiger charge is 2.55. The number of aromatic amines is 2. The van der Waals surface area contributed by atoms with E-state index >= 15 is 8.78 Å². The second-order valence-electron chi connectivity index (χ2n) is 18.4. The van der Waals surface area contributed by atoms with Crippen LogP contribution in [-0.4, -0.2) is 92.6 Å². The predicted molar refractivity (Wildman–Crippen MR) is 228 cm³/mol. The van der Waals surface area contributed by atoms with Crippen LogP contribution in [0.4, 0.5) is 18.4 Å². The van der Waals surface area contributed by atoms with E-state index in [0.717, 1.165) is 49.6 Å². The molecule has 4 N–H and O–H groups in total. The molecule has 328 valence electrons. The minimum Gasteiger partial charge on any atom is -0.453 e. The van der Waals surface area contributed by atoms with Crippen LogP contribution < -0.4 is 10.6 Å². The number of ether oxygens (including phenoxy) is 2. The summed E-state index contributed by atoms with van der Waals surface area (Å²) in [6.07, 6.45) is 5.74. The topological polar surface area (TPSA) is 175 Å². The number of H-pyrrole nitrogens is 2. The fraction of sp³-hybridized carbons (Fsp3) is 0.447. The maximum atomic E-state index is 16.6. The summed E-state index contributed by atoms with van der Waals surface area (Å²) in [4.78, 5) is 71.7. The summed E-state index contributed by atoms with van der Waals surface area (Å²) in [7, 11) is 2.52. The monoisotopic (exact) mass is 860 g/mol. The van der Waals surface area contributed by atoms with Crippen molar-refractivity contribution < 1.29 is 37.4 Å². The fourth-order valence-electron chi connectivity index (χ4n) is 10.7. The highest BCUT2D eigenvalue weighted by molar-refractivity contribution is 5.89. The summed E-state index contributed by atoms with van der Waals surface area (Å²) in [6.45, 7) is 5.95. The Kier molecular flexibility index (Phi) is 9.64. The molecule has 10 rings (SSSR count). The van der Waals surface area contributed by atoms with E-state index in [1.165, 1.54) is 20.3 Å². The molecule has 16 heteroatoms. The van der Waals surface area contributed by atoms with Gasteiger partial charge in [0.25, 0.3) is 5.92 Å². The number of hydrogen-bond donors (Lipinski definition) is 4. The van der Waals surface area contributed by atoms with E-state index < -0.39 is 30.2 Å². The number of nitrogens with zero attached hydrogens (tertiary/aromatic N) is 4. The Bertz CT molecular complexity index is 2690. The van der Waals surface area contributed by atoms with Gasteiger partial charge in [0.2, 0.25) is 11.8 Å². The Balaban J connectivity index is 0.894. The molecule has 6 atom stereocenters. The molecule has 5 aliphatic rings. The molecule has 2 aliphatic heterocycles. The Hall–Kier alpha value is -6.32. The van der Waals surface area contributed by atoms with E-state index in [2.05, 4.69) is 20.6 Å². The van der Waals surface area contributed by atoms with Gasteiger partial charge in [0.1, 0.15) is 23.7 Å². The number of alkyl carbamates (subject to hydrolysis) is 2. The van der Waals surface area contributed by atoms with Crippen molar-refractivity contribution >= 4 is 35.0 Å². The van der Waals surface area contributed by atoms with Crippen molar-refractivity contribution in [1.82, 2.24) is 40.4 Å². The molecule has 3 aliphatic carbocycles. The van der Waals surface area contributed by atoms with Crippen LogP contribution in [0.25, 0.3) is 44.5 Å². The normalized spacial score (nSPS) is 23.2. The standard InChI is InChI=1S/C47H50F2N8O6/c1-23(2)38(55-45(61)63-5)43(59)56-22-46(14-15-46)20-37(56)40-50-21-36(54-40)27-8-12-31-30-11-7-25(17-32(30)47(48,49)33(31)18-27)26-9-13-34-35(19-26)53-41(52-34)39-28-6-10-29(16-28)57(39)42(58)24(3)51-44(60)62-4/h7-9,11-13,17-19,21,23-24,28-29,37-39H,6,10,14-16,20,22H2,1-5H3,(H,50,54)(H,51,60)(H,52,53)(H,55,61)/t24-,28+,29+,37-,38-,39-/m0/s1. The summed E-state index contributed by atoms with van der Waals surface area (Å²) < 4.78 is 42.8. The van der Waals surface area contributed by atoms with Gasteiger partial charge in [0, 0.05) is 29.3 Å². The number of methoxy groups -OCH3 is 2. The number of nitrogens with one attached hydrogen (secondary N) is 4. The van der Waals surface area contributed by atoms with Gasteiger partial charge in [-0.3, -0.25) is 9.59 Å². The number of fused-ring (bicyclic) bond motifs is 6. The van der Waals surface area contributed by atoms with Crippen molar-refractivity contribution in [2.24, 2.45) is 17.3 Å². The molecule has 2 saturated heterocycles. The number of imidazole rings is 2. The first-order valence-electron chi connectivity index (χ1n) is 21.7. The Labute approximate surface area is 362 Å². The summed E-state index contributed by atoms with van der Waals surface area (Å²) in [5.74, 6) is -2.39. The quantitative estimate of drug-likeness (QED) is 0.115. The maximum Gasteiger partial charge on any atom is 0.407 e. The first-order valence-corrected chi connectivity index (χ1v) is 21.7. The zero-order valence-electron chi connectivity index (χ0n) is 35.8. The number of aromatic nitrogens is 4. The van der Waals surface area contributed by atoms with E-state index in [1.54, 1.807) is 36.2 Å². The molecule has 0 radical (unpaired) electrons. The van der Waals surface area contributed by atoms with Crippen LogP contribution in [0, 0.1) is 17.3 Å². The van der Waals surface area contributed by atoms with Crippen LogP contribution in [0.15, 0.2) is 60.8 Å². The van der Waals surface area contributed by atoms with Crippen molar-refractivity contribution in [2.45, 2.75) is 95.4 Å². The van der Waals surface area contributed by atoms with Gasteiger partial charge < -0.3 is 39.9 Å². The molecule has 1 spiro atoms. The van der Waals surface area contributed by atoms with E-state index in [0.29, 0.717) is 51.7 Å². The summed E-state index contributed by atoms with van der Waals surface area (Å²) in [6, 6.07) is 13.8. The summed E-state index contributed by atoms with van der Waals surface area (Å²) >= 11 is 0. The number of alkyl halides is 2. The number of rotatable bonds is 9. The van der Waals surface area contributed by atoms with Crippen LogP contribution >= 0.6 is 0 Å². The van der Waals surface area contributed by atoms with Crippen molar-refractivity contribution in [3.8, 4) is 33.5 Å². The van der Waals surface area contributed by atoms with Crippen molar-refractivity contribution in [3.63, 3.8) is 0 Å². The van der Waals surface area contributed by atoms with Crippen molar-refractivity contribution in [3.05, 3.63) is 83.6 Å². The number of piperidine rings is 1. The van der Waals surface area contributed by atoms with Crippen molar-refractivity contribution in [1.29, 1.82) is 0 Å². The molecule has 2 bridgehead atoms. The number of hydrogen-bond acceptors (Lipinski definition) is 8. The first-order chi connectivity index (χ1) is 30.2. The predicted octanol–water partition coefficient (Wildman–Crippen LogP) is 7.97. The highest BCUT2D eigenvalue weighted by atomic mass is 19.3. The van der Waals surface area contributed by atoms with Crippen molar-refractivity contribution in [2.75, 3.05) is 20.8 Å². The van der Waals surface area contributed by atoms with Crippen LogP contribution in [0.5, 0.6) is 0 Å². The van der Waals surface area contributed by atoms with Gasteiger partial charge in [0.15, 0.2) is 0 Å². The molecule has 3 aromatic carbocycles. The van der Waals surface area contributed by atoms with Crippen LogP contribution in [-0.2, 0) is 25.0 Å². The molecule has 0 unspecified atom stereocenters. The summed E-state index contributed by atoms with van der Waals surface area (Å²) in [5.41, 5.74) is 4.67. The molecule has 4 fully saturated rings. The Morgan fingerprint density at radius 1 is 0.825 bits per heavy atom. The van der Waals surface area contributed by atoms with E-state index in [9.17, 15) is 19.2 Å². The lowest BCUT2D eigenvalue weighted by Gasteiger charge is -2.35. The average Bonchev–Trinajstić information content (AvgIpc) is 3.93. The van der Waals surface area contributed by atoms with E-state index in [1.807, 2.05) is 49.1 Å². The molecule has 14 nitrogen and oxygen atoms in total. The zero-order valence-corrected chi connectivity index (χ0v) is 35.8. The maximum absolute atomic E-state index is 16.6. The van der Waals surface area contributed by atoms with Crippen LogP contribution in [0.1, 0.15) is 94.2 Å². The van der Waals surface area contributed by atoms with Gasteiger partial charge in [-0.2, -0.15) is 8.78 Å². The zero-order chi connectivity index (χ0) is 44.1. The first kappa shape index (κ1) is 40.7. The lowest BCUT2D eigenvalue weighted by molar-refractivity contribution is -0.138. The molecular weight excluding hydrogens is 811 g/mol. The van der Waals surface area contributed by atoms with Crippen LogP contribution in [0.2, 0.25) is 0 Å². The number of carbonyl (C=O) groups is 4. The lowest BCUT2D eigenvalue weighted by atomic mass is 9.97. The van der Waals surface area contributed by atoms with Gasteiger partial charge >= 0.3 is 12.2 Å². The number of benzene rings is 3. The average molecular weight is 861 g/mol. The van der Waals surface area contributed by atoms with Gasteiger partial charge in [-0.05, 0) is 109 Å². The number of halogens is 2. The van der Waals surface area contributed by atoms with E-state index in [4.69, 9.17) is 19.4 Å². The highest BCUT2D eigenvalue weighted by Crippen LogP contribution is 2.59. The molecule has 4 heterocycles. The molecule has 5 aromatic rings. The smallest absolute Gasteiger partial charge is 0.407 e. The SMILES string of the molecule is COC(=O)N[C@@H](C)C(=O)N1[C@@H]2CC[C@H](C2)[C@H]1c1nc2ccc(-c3ccc4c(c3)C(F)(F)c3cc(-c5cnc([C@@H]6CC7(CC7)CN6C(=O)[C@@H](NC(=O)OC)C(C)C)[nH]5)ccc3-4)cc2[nH]1. The molecule has 63 heavy (non-hydrogen) atoms. The largest absolute Gasteiger partial charge is 0.453 e. The molecular formula is C47H50F2N8O6. The Morgan fingerprint density at radius 2 is 1.49 bits per heavy atom. The number of carbonyl (C=O) groups excluding carboxylic acids is 4. The van der Waals surface area contributed by atoms with Gasteiger partial charge in [-0.1, -0.05) is 44.2 Å². The number of likely N-dealkylation sites (tertiary alicyclic amines) is 2. The third kappa shape index (κ3) is 6.79. The minimum atomic E-state index is -3.28. The molecule has 2 aromatic heterocycles.